The molecule has 2 aromatic carbocycles. The second kappa shape index (κ2) is 4.82. The fraction of sp³-hybridized carbons (Fsp3) is 0.118. The summed E-state index contributed by atoms with van der Waals surface area (Å²) in [5.41, 5.74) is 3.88. The summed E-state index contributed by atoms with van der Waals surface area (Å²) in [5.74, 6) is 0. The number of aryl methyl sites for hydroxylation is 1. The Balaban J connectivity index is 2.05. The molecule has 1 atom stereocenters. The molecule has 19 heavy (non-hydrogen) atoms. The van der Waals surface area contributed by atoms with Gasteiger partial charge in [0.2, 0.25) is 0 Å². The highest BCUT2D eigenvalue weighted by Crippen LogP contribution is 2.24. The van der Waals surface area contributed by atoms with Crippen LogP contribution in [0.15, 0.2) is 60.8 Å². The normalized spacial score (nSPS) is 12.5. The van der Waals surface area contributed by atoms with E-state index in [1.807, 2.05) is 61.7 Å². The second-order valence-electron chi connectivity index (χ2n) is 4.78. The highest BCUT2D eigenvalue weighted by Gasteiger charge is 2.10. The quantitative estimate of drug-likeness (QED) is 0.752. The van der Waals surface area contributed by atoms with Gasteiger partial charge < -0.3 is 5.11 Å². The summed E-state index contributed by atoms with van der Waals surface area (Å²) >= 11 is 0. The van der Waals surface area contributed by atoms with E-state index in [1.165, 1.54) is 0 Å². The van der Waals surface area contributed by atoms with Crippen LogP contribution in [0, 0.1) is 6.92 Å². The van der Waals surface area contributed by atoms with E-state index in [1.54, 1.807) is 0 Å². The number of nitrogens with zero attached hydrogens (tertiary/aromatic N) is 1. The van der Waals surface area contributed by atoms with E-state index in [0.717, 1.165) is 27.6 Å². The van der Waals surface area contributed by atoms with E-state index < -0.39 is 6.10 Å². The van der Waals surface area contributed by atoms with Crippen molar-refractivity contribution in [1.82, 2.24) is 4.98 Å². The molecule has 0 radical (unpaired) electrons. The molecule has 0 spiro atoms. The zero-order chi connectivity index (χ0) is 13.2. The Hall–Kier alpha value is -2.19. The van der Waals surface area contributed by atoms with Crippen LogP contribution in [0.2, 0.25) is 0 Å². The Morgan fingerprint density at radius 2 is 1.74 bits per heavy atom. The van der Waals surface area contributed by atoms with Gasteiger partial charge in [-0.05, 0) is 41.8 Å². The van der Waals surface area contributed by atoms with Crippen molar-refractivity contribution in [3.8, 4) is 0 Å². The molecule has 0 amide bonds. The first kappa shape index (κ1) is 11.9. The molecule has 0 fully saturated rings. The lowest BCUT2D eigenvalue weighted by molar-refractivity contribution is 0.220. The Morgan fingerprint density at radius 3 is 2.53 bits per heavy atom. The van der Waals surface area contributed by atoms with Gasteiger partial charge >= 0.3 is 0 Å². The Labute approximate surface area is 112 Å². The van der Waals surface area contributed by atoms with Gasteiger partial charge in [0.25, 0.3) is 0 Å². The molecule has 0 aliphatic carbocycles. The minimum absolute atomic E-state index is 0.592. The van der Waals surface area contributed by atoms with Crippen molar-refractivity contribution in [2.24, 2.45) is 0 Å². The van der Waals surface area contributed by atoms with E-state index in [0.29, 0.717) is 0 Å². The standard InChI is InChI=1S/C17H15NO/c1-12-9-15-10-14(7-8-16(15)18-11-12)17(19)13-5-3-2-4-6-13/h2-11,17,19H,1H3. The monoisotopic (exact) mass is 249 g/mol. The highest BCUT2D eigenvalue weighted by atomic mass is 16.3. The minimum Gasteiger partial charge on any atom is -0.384 e. The molecule has 0 aliphatic rings. The average molecular weight is 249 g/mol. The summed E-state index contributed by atoms with van der Waals surface area (Å²) in [6.07, 6.45) is 1.27. The third-order valence-corrected chi connectivity index (χ3v) is 3.27. The van der Waals surface area contributed by atoms with E-state index in [9.17, 15) is 5.11 Å². The fourth-order valence-electron chi connectivity index (χ4n) is 2.26. The van der Waals surface area contributed by atoms with Crippen molar-refractivity contribution < 1.29 is 5.11 Å². The molecule has 1 heterocycles. The molecule has 94 valence electrons. The van der Waals surface area contributed by atoms with Crippen LogP contribution in [0.3, 0.4) is 0 Å². The third kappa shape index (κ3) is 2.35. The average Bonchev–Trinajstić information content (AvgIpc) is 2.46. The largest absolute Gasteiger partial charge is 0.384 e. The smallest absolute Gasteiger partial charge is 0.104 e. The summed E-state index contributed by atoms with van der Waals surface area (Å²) in [6.45, 7) is 2.02. The summed E-state index contributed by atoms with van der Waals surface area (Å²) in [7, 11) is 0. The van der Waals surface area contributed by atoms with Gasteiger partial charge in [0.05, 0.1) is 5.52 Å². The summed E-state index contributed by atoms with van der Waals surface area (Å²) in [5, 5.41) is 11.5. The molecule has 3 rings (SSSR count). The number of fused-ring (bicyclic) bond motifs is 1. The maximum atomic E-state index is 10.4. The number of aromatic nitrogens is 1. The number of aliphatic hydroxyl groups is 1. The minimum atomic E-state index is -0.592. The predicted molar refractivity (Wildman–Crippen MR) is 77.0 cm³/mol. The van der Waals surface area contributed by atoms with Gasteiger partial charge in [0.15, 0.2) is 0 Å². The molecule has 2 nitrogen and oxygen atoms in total. The lowest BCUT2D eigenvalue weighted by atomic mass is 10.00. The molecule has 0 saturated heterocycles. The number of hydrogen-bond acceptors (Lipinski definition) is 2. The van der Waals surface area contributed by atoms with Crippen LogP contribution in [0.5, 0.6) is 0 Å². The van der Waals surface area contributed by atoms with Gasteiger partial charge in [0, 0.05) is 11.6 Å². The molecule has 2 heteroatoms. The first-order chi connectivity index (χ1) is 9.24. The number of aliphatic hydroxyl groups excluding tert-OH is 1. The SMILES string of the molecule is Cc1cnc2ccc(C(O)c3ccccc3)cc2c1. The Kier molecular flexibility index (Phi) is 3.02. The molecule has 1 aromatic heterocycles. The van der Waals surface area contributed by atoms with Crippen molar-refractivity contribution in [2.45, 2.75) is 13.0 Å². The molecule has 0 saturated carbocycles. The second-order valence-corrected chi connectivity index (χ2v) is 4.78. The van der Waals surface area contributed by atoms with E-state index in [-0.39, 0.29) is 0 Å². The van der Waals surface area contributed by atoms with Crippen LogP contribution >= 0.6 is 0 Å². The van der Waals surface area contributed by atoms with Gasteiger partial charge in [-0.1, -0.05) is 36.4 Å². The van der Waals surface area contributed by atoms with Crippen molar-refractivity contribution in [1.29, 1.82) is 0 Å². The molecular formula is C17H15NO. The lowest BCUT2D eigenvalue weighted by Gasteiger charge is -2.12. The number of benzene rings is 2. The van der Waals surface area contributed by atoms with Gasteiger partial charge in [0.1, 0.15) is 6.10 Å². The lowest BCUT2D eigenvalue weighted by Crippen LogP contribution is -1.99. The number of hydrogen-bond donors (Lipinski definition) is 1. The van der Waals surface area contributed by atoms with Gasteiger partial charge in [-0.3, -0.25) is 4.98 Å². The Bertz CT molecular complexity index is 707. The fourth-order valence-corrected chi connectivity index (χ4v) is 2.26. The van der Waals surface area contributed by atoms with E-state index in [4.69, 9.17) is 0 Å². The molecule has 1 N–H and O–H groups in total. The molecule has 0 bridgehead atoms. The summed E-state index contributed by atoms with van der Waals surface area (Å²) in [6, 6.07) is 17.7. The molecule has 0 aliphatic heterocycles. The van der Waals surface area contributed by atoms with Crippen molar-refractivity contribution in [2.75, 3.05) is 0 Å². The zero-order valence-corrected chi connectivity index (χ0v) is 10.7. The van der Waals surface area contributed by atoms with E-state index >= 15 is 0 Å². The van der Waals surface area contributed by atoms with Crippen LogP contribution in [0.1, 0.15) is 22.8 Å². The van der Waals surface area contributed by atoms with Crippen LogP contribution in [0.4, 0.5) is 0 Å². The van der Waals surface area contributed by atoms with Gasteiger partial charge in [-0.2, -0.15) is 0 Å². The molecule has 3 aromatic rings. The van der Waals surface area contributed by atoms with Crippen LogP contribution in [0.25, 0.3) is 10.9 Å². The van der Waals surface area contributed by atoms with Crippen molar-refractivity contribution in [3.05, 3.63) is 77.5 Å². The first-order valence-corrected chi connectivity index (χ1v) is 6.33. The van der Waals surface area contributed by atoms with Crippen molar-refractivity contribution in [3.63, 3.8) is 0 Å². The molecular weight excluding hydrogens is 234 g/mol. The van der Waals surface area contributed by atoms with Crippen LogP contribution in [-0.2, 0) is 0 Å². The number of pyridine rings is 1. The Morgan fingerprint density at radius 1 is 0.947 bits per heavy atom. The third-order valence-electron chi connectivity index (χ3n) is 3.27. The number of rotatable bonds is 2. The topological polar surface area (TPSA) is 33.1 Å². The zero-order valence-electron chi connectivity index (χ0n) is 10.7. The van der Waals surface area contributed by atoms with E-state index in [2.05, 4.69) is 11.1 Å². The van der Waals surface area contributed by atoms with Crippen molar-refractivity contribution >= 4 is 10.9 Å². The predicted octanol–water partition coefficient (Wildman–Crippen LogP) is 3.62. The summed E-state index contributed by atoms with van der Waals surface area (Å²) in [4.78, 5) is 4.37. The first-order valence-electron chi connectivity index (χ1n) is 6.33. The maximum Gasteiger partial charge on any atom is 0.104 e. The maximum absolute atomic E-state index is 10.4. The van der Waals surface area contributed by atoms with Gasteiger partial charge in [-0.15, -0.1) is 0 Å². The van der Waals surface area contributed by atoms with Crippen LogP contribution in [-0.4, -0.2) is 10.1 Å². The summed E-state index contributed by atoms with van der Waals surface area (Å²) < 4.78 is 0. The van der Waals surface area contributed by atoms with Crippen LogP contribution < -0.4 is 0 Å². The molecule has 1 unspecified atom stereocenters. The highest BCUT2D eigenvalue weighted by molar-refractivity contribution is 5.79. The van der Waals surface area contributed by atoms with Gasteiger partial charge in [-0.25, -0.2) is 0 Å².